The second kappa shape index (κ2) is 7.93. The molecule has 1 aromatic carbocycles. The van der Waals surface area contributed by atoms with Crippen LogP contribution in [0.15, 0.2) is 18.2 Å². The summed E-state index contributed by atoms with van der Waals surface area (Å²) in [5.41, 5.74) is 5.22. The zero-order valence-electron chi connectivity index (χ0n) is 14.2. The maximum atomic E-state index is 12.5. The number of amides is 2. The van der Waals surface area contributed by atoms with Crippen molar-refractivity contribution in [2.75, 3.05) is 25.5 Å². The lowest BCUT2D eigenvalue weighted by Crippen LogP contribution is -2.49. The number of rotatable bonds is 6. The normalized spacial score (nSPS) is 19.0. The number of primary amides is 1. The van der Waals surface area contributed by atoms with Crippen LogP contribution >= 0.6 is 0 Å². The molecule has 9 nitrogen and oxygen atoms in total. The molecule has 0 aliphatic carbocycles. The summed E-state index contributed by atoms with van der Waals surface area (Å²) in [6, 6.07) is 3.69. The third kappa shape index (κ3) is 4.44. The number of hydrogen-bond acceptors (Lipinski definition) is 6. The van der Waals surface area contributed by atoms with Crippen molar-refractivity contribution in [3.05, 3.63) is 28.3 Å². The Morgan fingerprint density at radius 1 is 1.48 bits per heavy atom. The Morgan fingerprint density at radius 2 is 2.20 bits per heavy atom. The second-order valence-corrected chi connectivity index (χ2v) is 6.04. The molecule has 2 atom stereocenters. The first-order valence-electron chi connectivity index (χ1n) is 8.00. The molecule has 0 spiro atoms. The smallest absolute Gasteiger partial charge is 0.296 e. The van der Waals surface area contributed by atoms with Crippen molar-refractivity contribution < 1.29 is 19.2 Å². The number of nitrogens with zero attached hydrogens (tertiary/aromatic N) is 2. The minimum Gasteiger partial charge on any atom is -0.496 e. The van der Waals surface area contributed by atoms with Gasteiger partial charge in [-0.25, -0.2) is 0 Å². The Bertz CT molecular complexity index is 678. The number of hydrogen-bond donors (Lipinski definition) is 2. The number of carbonyl (C=O) groups excluding carboxylic acids is 2. The molecular weight excluding hydrogens is 328 g/mol. The number of nitrogens with one attached hydrogen (secondary N) is 1. The van der Waals surface area contributed by atoms with E-state index in [0.717, 1.165) is 6.42 Å². The van der Waals surface area contributed by atoms with Crippen molar-refractivity contribution in [1.29, 1.82) is 0 Å². The third-order valence-corrected chi connectivity index (χ3v) is 4.44. The van der Waals surface area contributed by atoms with Gasteiger partial charge in [0.2, 0.25) is 11.8 Å². The van der Waals surface area contributed by atoms with E-state index in [4.69, 9.17) is 10.5 Å². The van der Waals surface area contributed by atoms with E-state index < -0.39 is 11.0 Å². The molecule has 3 N–H and O–H groups in total. The Balaban J connectivity index is 2.11. The molecule has 1 aromatic rings. The molecule has 2 amide bonds. The second-order valence-electron chi connectivity index (χ2n) is 6.04. The first kappa shape index (κ1) is 18.7. The zero-order chi connectivity index (χ0) is 18.6. The van der Waals surface area contributed by atoms with Crippen molar-refractivity contribution in [2.45, 2.75) is 25.8 Å². The van der Waals surface area contributed by atoms with Gasteiger partial charge in [0.05, 0.1) is 30.1 Å². The molecule has 0 saturated carbocycles. The van der Waals surface area contributed by atoms with Crippen LogP contribution < -0.4 is 15.8 Å². The summed E-state index contributed by atoms with van der Waals surface area (Å²) in [5.74, 6) is -0.695. The van der Waals surface area contributed by atoms with E-state index >= 15 is 0 Å². The molecule has 1 aliphatic rings. The number of nitro groups is 1. The standard InChI is InChI=1S/C16H22N4O5/c1-10(19-7-3-4-11(9-19)15(17)21)16(22)18-13-6-5-12(25-2)8-14(13)20(23)24/h5-6,8,10-11H,3-4,7,9H2,1-2H3,(H2,17,21)(H,18,22)/t10-,11-/m0/s1. The third-order valence-electron chi connectivity index (χ3n) is 4.44. The minimum atomic E-state index is -0.577. The highest BCUT2D eigenvalue weighted by Crippen LogP contribution is 2.29. The molecule has 1 aliphatic heterocycles. The molecule has 0 bridgehead atoms. The average Bonchev–Trinajstić information content (AvgIpc) is 2.61. The van der Waals surface area contributed by atoms with E-state index in [1.807, 2.05) is 4.90 Å². The Kier molecular flexibility index (Phi) is 5.92. The van der Waals surface area contributed by atoms with Crippen LogP contribution in [-0.2, 0) is 9.59 Å². The van der Waals surface area contributed by atoms with Crippen LogP contribution in [0.4, 0.5) is 11.4 Å². The number of anilines is 1. The molecule has 25 heavy (non-hydrogen) atoms. The molecule has 1 saturated heterocycles. The lowest BCUT2D eigenvalue weighted by atomic mass is 9.96. The molecule has 0 radical (unpaired) electrons. The highest BCUT2D eigenvalue weighted by atomic mass is 16.6. The Labute approximate surface area is 145 Å². The summed E-state index contributed by atoms with van der Waals surface area (Å²) in [6.07, 6.45) is 1.48. The Morgan fingerprint density at radius 3 is 2.80 bits per heavy atom. The van der Waals surface area contributed by atoms with Gasteiger partial charge in [0.25, 0.3) is 5.69 Å². The SMILES string of the molecule is COc1ccc(NC(=O)[C@H](C)N2CCC[C@H](C(N)=O)C2)c([N+](=O)[O-])c1. The Hall–Kier alpha value is -2.68. The number of nitrogens with two attached hydrogens (primary N) is 1. The summed E-state index contributed by atoms with van der Waals surface area (Å²) < 4.78 is 4.97. The van der Waals surface area contributed by atoms with E-state index in [-0.39, 0.29) is 29.1 Å². The predicted molar refractivity (Wildman–Crippen MR) is 91.2 cm³/mol. The molecule has 0 aromatic heterocycles. The molecule has 0 unspecified atom stereocenters. The van der Waals surface area contributed by atoms with E-state index in [9.17, 15) is 19.7 Å². The summed E-state index contributed by atoms with van der Waals surface area (Å²) in [7, 11) is 1.41. The van der Waals surface area contributed by atoms with Crippen LogP contribution in [0.5, 0.6) is 5.75 Å². The number of carbonyl (C=O) groups is 2. The van der Waals surface area contributed by atoms with Gasteiger partial charge in [0.1, 0.15) is 11.4 Å². The summed E-state index contributed by atoms with van der Waals surface area (Å²) in [5, 5.41) is 13.8. The van der Waals surface area contributed by atoms with E-state index in [1.54, 1.807) is 6.92 Å². The zero-order valence-corrected chi connectivity index (χ0v) is 14.2. The van der Waals surface area contributed by atoms with Crippen molar-refractivity contribution in [2.24, 2.45) is 11.7 Å². The van der Waals surface area contributed by atoms with E-state index in [1.165, 1.54) is 25.3 Å². The fraction of sp³-hybridized carbons (Fsp3) is 0.500. The maximum Gasteiger partial charge on any atom is 0.296 e. The summed E-state index contributed by atoms with van der Waals surface area (Å²) in [4.78, 5) is 36.4. The molecule has 1 heterocycles. The van der Waals surface area contributed by atoms with Gasteiger partial charge in [-0.2, -0.15) is 0 Å². The molecule has 1 fully saturated rings. The van der Waals surface area contributed by atoms with Gasteiger partial charge in [-0.3, -0.25) is 24.6 Å². The van der Waals surface area contributed by atoms with Crippen LogP contribution in [0, 0.1) is 16.0 Å². The highest BCUT2D eigenvalue weighted by molar-refractivity contribution is 5.96. The topological polar surface area (TPSA) is 128 Å². The molecule has 9 heteroatoms. The lowest BCUT2D eigenvalue weighted by Gasteiger charge is -2.34. The lowest BCUT2D eigenvalue weighted by molar-refractivity contribution is -0.384. The van der Waals surface area contributed by atoms with E-state index in [2.05, 4.69) is 5.32 Å². The average molecular weight is 350 g/mol. The van der Waals surface area contributed by atoms with Crippen LogP contribution in [0.25, 0.3) is 0 Å². The highest BCUT2D eigenvalue weighted by Gasteiger charge is 2.30. The van der Waals surface area contributed by atoms with Gasteiger partial charge in [0.15, 0.2) is 0 Å². The van der Waals surface area contributed by atoms with Crippen molar-refractivity contribution in [1.82, 2.24) is 4.90 Å². The number of likely N-dealkylation sites (tertiary alicyclic amines) is 1. The van der Waals surface area contributed by atoms with Gasteiger partial charge in [-0.1, -0.05) is 0 Å². The van der Waals surface area contributed by atoms with Gasteiger partial charge in [-0.05, 0) is 38.4 Å². The van der Waals surface area contributed by atoms with Gasteiger partial charge in [-0.15, -0.1) is 0 Å². The van der Waals surface area contributed by atoms with Crippen molar-refractivity contribution in [3.63, 3.8) is 0 Å². The number of nitro benzene ring substituents is 1. The van der Waals surface area contributed by atoms with Crippen LogP contribution in [0.1, 0.15) is 19.8 Å². The van der Waals surface area contributed by atoms with Crippen LogP contribution in [0.2, 0.25) is 0 Å². The van der Waals surface area contributed by atoms with Crippen LogP contribution in [0.3, 0.4) is 0 Å². The van der Waals surface area contributed by atoms with Crippen molar-refractivity contribution in [3.8, 4) is 5.75 Å². The maximum absolute atomic E-state index is 12.5. The minimum absolute atomic E-state index is 0.103. The monoisotopic (exact) mass is 350 g/mol. The first-order valence-corrected chi connectivity index (χ1v) is 8.00. The quantitative estimate of drug-likeness (QED) is 0.584. The molecule has 136 valence electrons. The van der Waals surface area contributed by atoms with Gasteiger partial charge in [0, 0.05) is 6.54 Å². The molecular formula is C16H22N4O5. The predicted octanol–water partition coefficient (Wildman–Crippen LogP) is 1.13. The number of piperidine rings is 1. The summed E-state index contributed by atoms with van der Waals surface area (Å²) in [6.45, 7) is 2.78. The van der Waals surface area contributed by atoms with Gasteiger partial charge >= 0.3 is 0 Å². The van der Waals surface area contributed by atoms with E-state index in [0.29, 0.717) is 25.3 Å². The fourth-order valence-corrected chi connectivity index (χ4v) is 2.89. The number of benzene rings is 1. The van der Waals surface area contributed by atoms with Gasteiger partial charge < -0.3 is 15.8 Å². The van der Waals surface area contributed by atoms with Crippen LogP contribution in [-0.4, -0.2) is 47.9 Å². The number of ether oxygens (including phenoxy) is 1. The fourth-order valence-electron chi connectivity index (χ4n) is 2.89. The molecule has 2 rings (SSSR count). The summed E-state index contributed by atoms with van der Waals surface area (Å²) >= 11 is 0. The largest absolute Gasteiger partial charge is 0.496 e. The first-order chi connectivity index (χ1) is 11.8. The number of methoxy groups -OCH3 is 1. The van der Waals surface area contributed by atoms with Crippen molar-refractivity contribution >= 4 is 23.2 Å².